The topological polar surface area (TPSA) is 125 Å². The van der Waals surface area contributed by atoms with Crippen LogP contribution in [0.25, 0.3) is 5.57 Å². The summed E-state index contributed by atoms with van der Waals surface area (Å²) in [5.74, 6) is -1.78. The summed E-state index contributed by atoms with van der Waals surface area (Å²) in [5, 5.41) is 8.86. The lowest BCUT2D eigenvalue weighted by atomic mass is 10.0. The Bertz CT molecular complexity index is 1730. The van der Waals surface area contributed by atoms with Crippen LogP contribution in [0.3, 0.4) is 0 Å². The SMILES string of the molecule is C=C(/C=C1/C(=NC)NC=NC1C)c1ccc(CNc2ncc(S(C)(=O)=O)cc2C(=O)NC(C)c2ccc(F)c(F)c2)s1. The summed E-state index contributed by atoms with van der Waals surface area (Å²) in [5.41, 5.74) is 2.04. The van der Waals surface area contributed by atoms with Crippen molar-refractivity contribution in [2.75, 3.05) is 18.6 Å². The predicted octanol–water partition coefficient (Wildman–Crippen LogP) is 4.92. The van der Waals surface area contributed by atoms with Crippen LogP contribution in [0, 0.1) is 11.6 Å². The first kappa shape index (κ1) is 30.7. The van der Waals surface area contributed by atoms with Crippen molar-refractivity contribution < 1.29 is 22.0 Å². The number of carbonyl (C=O) groups excluding carboxylic acids is 1. The summed E-state index contributed by atoms with van der Waals surface area (Å²) in [7, 11) is -1.96. The predicted molar refractivity (Wildman–Crippen MR) is 163 cm³/mol. The first-order chi connectivity index (χ1) is 19.9. The van der Waals surface area contributed by atoms with E-state index in [0.29, 0.717) is 12.1 Å². The molecule has 0 fully saturated rings. The van der Waals surface area contributed by atoms with Crippen LogP contribution >= 0.6 is 11.3 Å². The molecule has 13 heteroatoms. The molecule has 3 N–H and O–H groups in total. The number of carbonyl (C=O) groups is 1. The van der Waals surface area contributed by atoms with Crippen molar-refractivity contribution in [1.82, 2.24) is 15.6 Å². The number of thiophene rings is 1. The average molecular weight is 613 g/mol. The molecule has 0 saturated carbocycles. The molecule has 2 unspecified atom stereocenters. The molecule has 0 saturated heterocycles. The summed E-state index contributed by atoms with van der Waals surface area (Å²) in [4.78, 5) is 27.8. The van der Waals surface area contributed by atoms with E-state index < -0.39 is 33.4 Å². The third kappa shape index (κ3) is 7.15. The highest BCUT2D eigenvalue weighted by Crippen LogP contribution is 2.28. The Morgan fingerprint density at radius 2 is 2.00 bits per heavy atom. The van der Waals surface area contributed by atoms with E-state index in [-0.39, 0.29) is 22.3 Å². The van der Waals surface area contributed by atoms with E-state index in [1.54, 1.807) is 20.3 Å². The fraction of sp³-hybridized carbons (Fsp3) is 0.241. The van der Waals surface area contributed by atoms with E-state index in [0.717, 1.165) is 45.1 Å². The van der Waals surface area contributed by atoms with Gasteiger partial charge < -0.3 is 16.0 Å². The first-order valence-corrected chi connectivity index (χ1v) is 15.5. The van der Waals surface area contributed by atoms with E-state index in [1.807, 2.05) is 25.1 Å². The Kier molecular flexibility index (Phi) is 9.32. The molecule has 1 aliphatic heterocycles. The quantitative estimate of drug-likeness (QED) is 0.315. The summed E-state index contributed by atoms with van der Waals surface area (Å²) >= 11 is 1.50. The minimum atomic E-state index is -3.66. The third-order valence-electron chi connectivity index (χ3n) is 6.51. The lowest BCUT2D eigenvalue weighted by molar-refractivity contribution is 0.0940. The van der Waals surface area contributed by atoms with Crippen molar-refractivity contribution in [1.29, 1.82) is 0 Å². The normalized spacial score (nSPS) is 17.6. The van der Waals surface area contributed by atoms with E-state index in [4.69, 9.17) is 0 Å². The number of aliphatic imine (C=N–C) groups is 2. The van der Waals surface area contributed by atoms with Gasteiger partial charge in [-0.25, -0.2) is 22.2 Å². The summed E-state index contributed by atoms with van der Waals surface area (Å²) in [6.45, 7) is 8.07. The Balaban J connectivity index is 1.53. The molecular weight excluding hydrogens is 582 g/mol. The second-order valence-corrected chi connectivity index (χ2v) is 12.8. The van der Waals surface area contributed by atoms with Crippen molar-refractivity contribution in [3.8, 4) is 0 Å². The van der Waals surface area contributed by atoms with E-state index in [1.165, 1.54) is 29.7 Å². The van der Waals surface area contributed by atoms with E-state index >= 15 is 0 Å². The lowest BCUT2D eigenvalue weighted by Crippen LogP contribution is -2.33. The molecule has 3 heterocycles. The maximum Gasteiger partial charge on any atom is 0.255 e. The van der Waals surface area contributed by atoms with Crippen molar-refractivity contribution in [3.05, 3.63) is 93.3 Å². The van der Waals surface area contributed by atoms with Gasteiger partial charge in [0.25, 0.3) is 5.91 Å². The molecular formula is C29H30F2N6O3S2. The number of pyridine rings is 1. The molecule has 220 valence electrons. The number of aromatic nitrogens is 1. The molecule has 9 nitrogen and oxygen atoms in total. The van der Waals surface area contributed by atoms with Gasteiger partial charge >= 0.3 is 0 Å². The van der Waals surface area contributed by atoms with E-state index in [9.17, 15) is 22.0 Å². The molecule has 0 spiro atoms. The van der Waals surface area contributed by atoms with Crippen molar-refractivity contribution in [2.24, 2.45) is 9.98 Å². The Morgan fingerprint density at radius 1 is 1.24 bits per heavy atom. The van der Waals surface area contributed by atoms with Crippen molar-refractivity contribution in [3.63, 3.8) is 0 Å². The Hall–Kier alpha value is -4.23. The van der Waals surface area contributed by atoms with Gasteiger partial charge in [-0.2, -0.15) is 0 Å². The van der Waals surface area contributed by atoms with Gasteiger partial charge in [-0.05, 0) is 61.4 Å². The molecule has 42 heavy (non-hydrogen) atoms. The highest BCUT2D eigenvalue weighted by atomic mass is 32.2. The van der Waals surface area contributed by atoms with Crippen LogP contribution in [0.4, 0.5) is 14.6 Å². The van der Waals surface area contributed by atoms with Gasteiger partial charge in [-0.1, -0.05) is 12.6 Å². The zero-order valence-electron chi connectivity index (χ0n) is 23.4. The number of nitrogens with zero attached hydrogens (tertiary/aromatic N) is 3. The van der Waals surface area contributed by atoms with Crippen LogP contribution in [-0.2, 0) is 16.4 Å². The van der Waals surface area contributed by atoms with Crippen LogP contribution < -0.4 is 16.0 Å². The molecule has 4 rings (SSSR count). The Labute approximate surface area is 247 Å². The lowest BCUT2D eigenvalue weighted by Gasteiger charge is -2.19. The number of rotatable bonds is 9. The van der Waals surface area contributed by atoms with Crippen LogP contribution in [0.5, 0.6) is 0 Å². The molecule has 1 amide bonds. The Morgan fingerprint density at radius 3 is 2.69 bits per heavy atom. The smallest absolute Gasteiger partial charge is 0.255 e. The molecule has 3 aromatic rings. The highest BCUT2D eigenvalue weighted by Gasteiger charge is 2.21. The zero-order chi connectivity index (χ0) is 30.6. The van der Waals surface area contributed by atoms with E-state index in [2.05, 4.69) is 37.5 Å². The fourth-order valence-corrected chi connectivity index (χ4v) is 5.60. The van der Waals surface area contributed by atoms with Crippen LogP contribution in [0.2, 0.25) is 0 Å². The number of amidine groups is 1. The van der Waals surface area contributed by atoms with Gasteiger partial charge in [0, 0.05) is 34.8 Å². The summed E-state index contributed by atoms with van der Waals surface area (Å²) in [6.07, 6.45) is 5.76. The van der Waals surface area contributed by atoms with Gasteiger partial charge in [0.2, 0.25) is 0 Å². The summed E-state index contributed by atoms with van der Waals surface area (Å²) in [6, 6.07) is 7.65. The number of sulfone groups is 1. The number of hydrogen-bond acceptors (Lipinski definition) is 8. The molecule has 0 aliphatic carbocycles. The molecule has 1 aliphatic rings. The molecule has 2 atom stereocenters. The standard InChI is InChI=1S/C29H30F2N6O3S2/c1-16(10-22-18(3)35-15-36-27(22)32-4)26-9-7-20(41-26)13-33-28-23(12-21(14-34-28)42(5,39)40)29(38)37-17(2)19-6-8-24(30)25(31)11-19/h6-12,14-15,17-18H,1,13H2,2-5H3,(H,33,34)(H,37,38)(H,32,35,36)/b22-10+. The minimum Gasteiger partial charge on any atom is -0.365 e. The van der Waals surface area contributed by atoms with Gasteiger partial charge in [0.15, 0.2) is 21.5 Å². The minimum absolute atomic E-state index is 0.0102. The second kappa shape index (κ2) is 12.7. The maximum atomic E-state index is 13.7. The molecule has 0 bridgehead atoms. The number of nitrogens with one attached hydrogen (secondary N) is 3. The third-order valence-corrected chi connectivity index (χ3v) is 8.75. The van der Waals surface area contributed by atoms with Crippen LogP contribution in [-0.4, -0.2) is 50.8 Å². The van der Waals surface area contributed by atoms with Gasteiger partial charge in [0.1, 0.15) is 11.7 Å². The average Bonchev–Trinajstić information content (AvgIpc) is 3.43. The maximum absolute atomic E-state index is 13.7. The number of amides is 1. The number of hydrogen-bond donors (Lipinski definition) is 3. The highest BCUT2D eigenvalue weighted by molar-refractivity contribution is 7.90. The zero-order valence-corrected chi connectivity index (χ0v) is 25.0. The fourth-order valence-electron chi connectivity index (χ4n) is 4.13. The monoisotopic (exact) mass is 612 g/mol. The second-order valence-electron chi connectivity index (χ2n) is 9.62. The van der Waals surface area contributed by atoms with Crippen molar-refractivity contribution >= 4 is 50.6 Å². The van der Waals surface area contributed by atoms with Gasteiger partial charge in [-0.15, -0.1) is 11.3 Å². The molecule has 0 radical (unpaired) electrons. The number of halogens is 2. The van der Waals surface area contributed by atoms with Gasteiger partial charge in [-0.3, -0.25) is 14.8 Å². The van der Waals surface area contributed by atoms with Crippen LogP contribution in [0.1, 0.15) is 45.6 Å². The molecule has 1 aromatic carbocycles. The number of allylic oxidation sites excluding steroid dienone is 2. The number of anilines is 1. The first-order valence-electron chi connectivity index (χ1n) is 12.8. The van der Waals surface area contributed by atoms with Crippen LogP contribution in [0.15, 0.2) is 75.7 Å². The number of benzene rings is 1. The van der Waals surface area contributed by atoms with Crippen molar-refractivity contribution in [2.45, 2.75) is 37.4 Å². The molecule has 2 aromatic heterocycles. The summed E-state index contributed by atoms with van der Waals surface area (Å²) < 4.78 is 51.5. The largest absolute Gasteiger partial charge is 0.365 e. The van der Waals surface area contributed by atoms with Gasteiger partial charge in [0.05, 0.1) is 35.4 Å².